The summed E-state index contributed by atoms with van der Waals surface area (Å²) in [6.07, 6.45) is 1.89. The number of carbonyl (C=O) groups is 1. The van der Waals surface area contributed by atoms with Crippen LogP contribution in [-0.4, -0.2) is 36.2 Å². The van der Waals surface area contributed by atoms with Crippen LogP contribution in [0.3, 0.4) is 0 Å². The van der Waals surface area contributed by atoms with Crippen molar-refractivity contribution in [3.63, 3.8) is 0 Å². The lowest BCUT2D eigenvalue weighted by Crippen LogP contribution is -2.54. The number of nitrogens with one attached hydrogen (secondary N) is 2. The highest BCUT2D eigenvalue weighted by atomic mass is 16.2. The van der Waals surface area contributed by atoms with E-state index in [1.165, 1.54) is 0 Å². The summed E-state index contributed by atoms with van der Waals surface area (Å²) in [6.45, 7) is 2.48. The fourth-order valence-corrected chi connectivity index (χ4v) is 1.83. The number of nitrogens with two attached hydrogens (primary N) is 1. The zero-order valence-corrected chi connectivity index (χ0v) is 6.97. The first-order valence-electron chi connectivity index (χ1n) is 4.26. The van der Waals surface area contributed by atoms with Crippen molar-refractivity contribution in [3.05, 3.63) is 0 Å². The largest absolute Gasteiger partial charge is 0.336 e. The minimum absolute atomic E-state index is 0.00699. The Hall–Kier alpha value is -0.810. The highest BCUT2D eigenvalue weighted by Crippen LogP contribution is 2.22. The summed E-state index contributed by atoms with van der Waals surface area (Å²) in [4.78, 5) is 10.9. The zero-order valence-electron chi connectivity index (χ0n) is 6.97. The molecule has 5 heteroatoms. The quantitative estimate of drug-likeness (QED) is 0.409. The number of rotatable bonds is 0. The molecule has 2 aliphatic rings. The standard InChI is InChI=1S/C7H14N4O/c8-11-3-1-7(2-4-11)5-9-6(12)10-7/h1-5,8H2,(H2,9,10,12). The van der Waals surface area contributed by atoms with Gasteiger partial charge in [-0.05, 0) is 12.8 Å². The molecular weight excluding hydrogens is 156 g/mol. The van der Waals surface area contributed by atoms with Crippen LogP contribution in [0.4, 0.5) is 4.79 Å². The minimum atomic E-state index is -0.0412. The van der Waals surface area contributed by atoms with Crippen LogP contribution in [0.1, 0.15) is 12.8 Å². The van der Waals surface area contributed by atoms with Gasteiger partial charge in [-0.1, -0.05) is 0 Å². The SMILES string of the molecule is NN1CCC2(CC1)CNC(=O)N2. The Bertz CT molecular complexity index is 198. The van der Waals surface area contributed by atoms with Crippen LogP contribution in [0.25, 0.3) is 0 Å². The van der Waals surface area contributed by atoms with E-state index in [4.69, 9.17) is 5.84 Å². The molecule has 0 atom stereocenters. The van der Waals surface area contributed by atoms with Crippen LogP contribution in [0.15, 0.2) is 0 Å². The van der Waals surface area contributed by atoms with E-state index in [1.807, 2.05) is 0 Å². The van der Waals surface area contributed by atoms with Crippen molar-refractivity contribution in [2.75, 3.05) is 19.6 Å². The molecule has 5 nitrogen and oxygen atoms in total. The Labute approximate surface area is 71.2 Å². The second kappa shape index (κ2) is 2.60. The number of nitrogens with zero attached hydrogens (tertiary/aromatic N) is 1. The summed E-state index contributed by atoms with van der Waals surface area (Å²) in [5, 5.41) is 7.54. The number of hydrogen-bond donors (Lipinski definition) is 3. The van der Waals surface area contributed by atoms with Crippen molar-refractivity contribution in [2.45, 2.75) is 18.4 Å². The first-order chi connectivity index (χ1) is 5.70. The first kappa shape index (κ1) is 7.82. The van der Waals surface area contributed by atoms with Gasteiger partial charge in [0.1, 0.15) is 0 Å². The van der Waals surface area contributed by atoms with Crippen molar-refractivity contribution in [1.82, 2.24) is 15.6 Å². The van der Waals surface area contributed by atoms with Crippen LogP contribution in [0.2, 0.25) is 0 Å². The van der Waals surface area contributed by atoms with Gasteiger partial charge in [0, 0.05) is 19.6 Å². The van der Waals surface area contributed by atoms with Crippen molar-refractivity contribution in [1.29, 1.82) is 0 Å². The molecule has 0 aromatic carbocycles. The smallest absolute Gasteiger partial charge is 0.315 e. The molecular formula is C7H14N4O. The summed E-state index contributed by atoms with van der Waals surface area (Å²) in [5.74, 6) is 5.62. The maximum absolute atomic E-state index is 10.9. The average molecular weight is 170 g/mol. The Morgan fingerprint density at radius 3 is 2.58 bits per heavy atom. The molecule has 0 aliphatic carbocycles. The Kier molecular flexibility index (Phi) is 1.69. The Balaban J connectivity index is 1.99. The van der Waals surface area contributed by atoms with E-state index < -0.39 is 0 Å². The lowest BCUT2D eigenvalue weighted by Gasteiger charge is -2.36. The molecule has 0 aromatic rings. The predicted molar refractivity (Wildman–Crippen MR) is 44.3 cm³/mol. The molecule has 1 spiro atoms. The van der Waals surface area contributed by atoms with Gasteiger partial charge >= 0.3 is 6.03 Å². The van der Waals surface area contributed by atoms with Crippen LogP contribution < -0.4 is 16.5 Å². The minimum Gasteiger partial charge on any atom is -0.336 e. The third-order valence-electron chi connectivity index (χ3n) is 2.72. The molecule has 0 radical (unpaired) electrons. The molecule has 4 N–H and O–H groups in total. The van der Waals surface area contributed by atoms with E-state index in [9.17, 15) is 4.79 Å². The fourth-order valence-electron chi connectivity index (χ4n) is 1.83. The molecule has 2 fully saturated rings. The number of hydrazine groups is 1. The van der Waals surface area contributed by atoms with E-state index in [-0.39, 0.29) is 11.6 Å². The van der Waals surface area contributed by atoms with Crippen LogP contribution in [-0.2, 0) is 0 Å². The molecule has 0 bridgehead atoms. The Morgan fingerprint density at radius 1 is 1.42 bits per heavy atom. The van der Waals surface area contributed by atoms with Crippen molar-refractivity contribution in [3.8, 4) is 0 Å². The molecule has 2 amide bonds. The predicted octanol–water partition coefficient (Wildman–Crippen LogP) is -0.992. The van der Waals surface area contributed by atoms with Gasteiger partial charge in [-0.3, -0.25) is 5.84 Å². The van der Waals surface area contributed by atoms with Gasteiger partial charge in [0.15, 0.2) is 0 Å². The summed E-state index contributed by atoms with van der Waals surface area (Å²) in [7, 11) is 0. The molecule has 0 aromatic heterocycles. The third kappa shape index (κ3) is 1.25. The van der Waals surface area contributed by atoms with Crippen LogP contribution >= 0.6 is 0 Å². The van der Waals surface area contributed by atoms with E-state index in [1.54, 1.807) is 5.01 Å². The molecule has 2 aliphatic heterocycles. The molecule has 0 saturated carbocycles. The number of carbonyl (C=O) groups excluding carboxylic acids is 1. The van der Waals surface area contributed by atoms with Gasteiger partial charge in [0.05, 0.1) is 5.54 Å². The van der Waals surface area contributed by atoms with Crippen LogP contribution in [0.5, 0.6) is 0 Å². The molecule has 12 heavy (non-hydrogen) atoms. The first-order valence-corrected chi connectivity index (χ1v) is 4.26. The highest BCUT2D eigenvalue weighted by Gasteiger charge is 2.39. The van der Waals surface area contributed by atoms with Crippen molar-refractivity contribution < 1.29 is 4.79 Å². The molecule has 68 valence electrons. The zero-order chi connectivity index (χ0) is 8.60. The Morgan fingerprint density at radius 2 is 2.08 bits per heavy atom. The van der Waals surface area contributed by atoms with Crippen LogP contribution in [0, 0.1) is 0 Å². The van der Waals surface area contributed by atoms with E-state index in [2.05, 4.69) is 10.6 Å². The van der Waals surface area contributed by atoms with Gasteiger partial charge < -0.3 is 10.6 Å². The van der Waals surface area contributed by atoms with Gasteiger partial charge in [-0.25, -0.2) is 9.80 Å². The number of urea groups is 1. The lowest BCUT2D eigenvalue weighted by atomic mass is 9.89. The fraction of sp³-hybridized carbons (Fsp3) is 0.857. The lowest BCUT2D eigenvalue weighted by molar-refractivity contribution is 0.158. The highest BCUT2D eigenvalue weighted by molar-refractivity contribution is 5.77. The second-order valence-corrected chi connectivity index (χ2v) is 3.62. The van der Waals surface area contributed by atoms with E-state index >= 15 is 0 Å². The maximum atomic E-state index is 10.9. The summed E-state index contributed by atoms with van der Waals surface area (Å²) in [5.41, 5.74) is -0.00699. The van der Waals surface area contributed by atoms with E-state index in [0.717, 1.165) is 32.5 Å². The second-order valence-electron chi connectivity index (χ2n) is 3.62. The molecule has 0 unspecified atom stereocenters. The van der Waals surface area contributed by atoms with E-state index in [0.29, 0.717) is 0 Å². The topological polar surface area (TPSA) is 70.4 Å². The van der Waals surface area contributed by atoms with Gasteiger partial charge in [-0.15, -0.1) is 0 Å². The number of piperidine rings is 1. The van der Waals surface area contributed by atoms with Crippen molar-refractivity contribution in [2.24, 2.45) is 5.84 Å². The average Bonchev–Trinajstić information content (AvgIpc) is 2.40. The normalized spacial score (nSPS) is 28.6. The maximum Gasteiger partial charge on any atom is 0.315 e. The van der Waals surface area contributed by atoms with Gasteiger partial charge in [-0.2, -0.15) is 0 Å². The monoisotopic (exact) mass is 170 g/mol. The van der Waals surface area contributed by atoms with Gasteiger partial charge in [0.25, 0.3) is 0 Å². The summed E-state index contributed by atoms with van der Waals surface area (Å²) < 4.78 is 0. The number of amides is 2. The van der Waals surface area contributed by atoms with Gasteiger partial charge in [0.2, 0.25) is 0 Å². The summed E-state index contributed by atoms with van der Waals surface area (Å²) >= 11 is 0. The molecule has 2 saturated heterocycles. The summed E-state index contributed by atoms with van der Waals surface area (Å²) in [6, 6.07) is -0.0412. The third-order valence-corrected chi connectivity index (χ3v) is 2.72. The molecule has 2 rings (SSSR count). The molecule has 2 heterocycles. The van der Waals surface area contributed by atoms with Crippen molar-refractivity contribution >= 4 is 6.03 Å². The number of hydrogen-bond acceptors (Lipinski definition) is 3.